The van der Waals surface area contributed by atoms with Gasteiger partial charge in [-0.25, -0.2) is 9.69 Å². The van der Waals surface area contributed by atoms with E-state index in [0.717, 1.165) is 13.0 Å². The molecule has 5 rings (SSSR count). The minimum atomic E-state index is -0.538. The van der Waals surface area contributed by atoms with E-state index in [0.29, 0.717) is 34.4 Å². The van der Waals surface area contributed by atoms with E-state index in [-0.39, 0.29) is 29.0 Å². The van der Waals surface area contributed by atoms with Gasteiger partial charge in [0.05, 0.1) is 28.4 Å². The minimum Gasteiger partial charge on any atom is -0.362 e. The Morgan fingerprint density at radius 2 is 2.03 bits per heavy atom. The number of urea groups is 1. The predicted molar refractivity (Wildman–Crippen MR) is 125 cm³/mol. The molecular weight excluding hydrogens is 446 g/mol. The summed E-state index contributed by atoms with van der Waals surface area (Å²) in [5, 5.41) is 13.6. The Balaban J connectivity index is 1.33. The Hall–Kier alpha value is -2.37. The average molecular weight is 472 g/mol. The van der Waals surface area contributed by atoms with Crippen LogP contribution in [0.4, 0.5) is 10.5 Å². The highest BCUT2D eigenvalue weighted by Crippen LogP contribution is 2.43. The van der Waals surface area contributed by atoms with Gasteiger partial charge in [0.25, 0.3) is 5.91 Å². The highest BCUT2D eigenvalue weighted by Gasteiger charge is 2.62. The van der Waals surface area contributed by atoms with Crippen LogP contribution in [-0.4, -0.2) is 58.1 Å². The third kappa shape index (κ3) is 3.25. The fourth-order valence-corrected chi connectivity index (χ4v) is 6.34. The first-order chi connectivity index (χ1) is 15.4. The zero-order valence-corrected chi connectivity index (χ0v) is 19.6. The van der Waals surface area contributed by atoms with Crippen LogP contribution in [0.3, 0.4) is 0 Å². The molecule has 1 N–H and O–H groups in total. The summed E-state index contributed by atoms with van der Waals surface area (Å²) in [6, 6.07) is 4.24. The number of imide groups is 1. The van der Waals surface area contributed by atoms with E-state index in [2.05, 4.69) is 10.2 Å². The number of nitrogens with one attached hydrogen (secondary N) is 1. The number of likely N-dealkylation sites (tertiary alicyclic amines) is 1. The smallest absolute Gasteiger partial charge is 0.332 e. The van der Waals surface area contributed by atoms with Crippen LogP contribution in [0.1, 0.15) is 49.7 Å². The number of anilines is 1. The number of carbonyl (C=O) groups excluding carboxylic acids is 2. The number of rotatable bonds is 3. The van der Waals surface area contributed by atoms with E-state index < -0.39 is 6.04 Å². The molecule has 1 aromatic rings. The maximum absolute atomic E-state index is 13.4. The quantitative estimate of drug-likeness (QED) is 0.536. The summed E-state index contributed by atoms with van der Waals surface area (Å²) in [6.07, 6.45) is 7.14. The lowest BCUT2D eigenvalue weighted by molar-refractivity contribution is -0.120. The Kier molecular flexibility index (Phi) is 5.50. The summed E-state index contributed by atoms with van der Waals surface area (Å²) in [5.74, 6) is 0.415. The molecule has 3 aliphatic heterocycles. The first-order valence-electron chi connectivity index (χ1n) is 11.3. The van der Waals surface area contributed by atoms with E-state index in [4.69, 9.17) is 23.8 Å². The molecule has 0 radical (unpaired) electrons. The van der Waals surface area contributed by atoms with Gasteiger partial charge in [-0.3, -0.25) is 4.79 Å². The molecule has 2 bridgehead atoms. The van der Waals surface area contributed by atoms with Crippen molar-refractivity contribution in [1.82, 2.24) is 15.1 Å². The van der Waals surface area contributed by atoms with Crippen molar-refractivity contribution in [2.24, 2.45) is 5.92 Å². The summed E-state index contributed by atoms with van der Waals surface area (Å²) >= 11 is 12.0. The minimum absolute atomic E-state index is 0.0324. The lowest BCUT2D eigenvalue weighted by Gasteiger charge is -2.37. The molecule has 168 valence electrons. The molecule has 4 aliphatic rings. The molecule has 7 nitrogen and oxygen atoms in total. The number of hydrogen-bond acceptors (Lipinski definition) is 4. The molecule has 1 saturated carbocycles. The van der Waals surface area contributed by atoms with Gasteiger partial charge in [0.15, 0.2) is 5.11 Å². The van der Waals surface area contributed by atoms with Gasteiger partial charge in [-0.05, 0) is 62.0 Å². The van der Waals surface area contributed by atoms with Gasteiger partial charge in [0, 0.05) is 13.1 Å². The Labute approximate surface area is 198 Å². The normalized spacial score (nSPS) is 27.2. The number of carbonyl (C=O) groups is 2. The number of thiocarbonyl (C=S) groups is 1. The van der Waals surface area contributed by atoms with E-state index >= 15 is 0 Å². The van der Waals surface area contributed by atoms with Gasteiger partial charge in [-0.15, -0.1) is 0 Å². The van der Waals surface area contributed by atoms with E-state index in [1.54, 1.807) is 24.0 Å². The van der Waals surface area contributed by atoms with Crippen molar-refractivity contribution in [3.05, 3.63) is 28.3 Å². The molecule has 1 aliphatic carbocycles. The maximum atomic E-state index is 13.4. The number of halogens is 1. The van der Waals surface area contributed by atoms with Crippen molar-refractivity contribution in [3.8, 4) is 6.07 Å². The Morgan fingerprint density at radius 1 is 1.28 bits per heavy atom. The number of nitrogens with zero attached hydrogens (tertiary/aromatic N) is 4. The molecule has 3 heterocycles. The zero-order chi connectivity index (χ0) is 22.6. The molecule has 0 aromatic heterocycles. The molecular formula is C23H26ClN5O2S. The molecule has 1 aromatic carbocycles. The van der Waals surface area contributed by atoms with Crippen LogP contribution in [0.15, 0.2) is 12.1 Å². The average Bonchev–Trinajstić information content (AvgIpc) is 3.47. The van der Waals surface area contributed by atoms with Crippen LogP contribution in [0.25, 0.3) is 0 Å². The molecule has 4 fully saturated rings. The van der Waals surface area contributed by atoms with Crippen LogP contribution in [-0.2, 0) is 4.79 Å². The van der Waals surface area contributed by atoms with Gasteiger partial charge in [0.2, 0.25) is 0 Å². The SMILES string of the molecule is Cc1c(N2C(=O)[C@H]3C4CC(CN4C(=S)NCC4CCCCC4)N3C2=O)ccc(C#N)c1Cl. The third-order valence-corrected chi connectivity index (χ3v) is 8.38. The van der Waals surface area contributed by atoms with Gasteiger partial charge in [-0.2, -0.15) is 5.26 Å². The molecule has 0 spiro atoms. The number of fused-ring (bicyclic) bond motifs is 5. The predicted octanol–water partition coefficient (Wildman–Crippen LogP) is 3.57. The third-order valence-electron chi connectivity index (χ3n) is 7.51. The fourth-order valence-electron chi connectivity index (χ4n) is 5.84. The zero-order valence-electron chi connectivity index (χ0n) is 18.0. The van der Waals surface area contributed by atoms with E-state index in [1.165, 1.54) is 37.0 Å². The Morgan fingerprint density at radius 3 is 2.75 bits per heavy atom. The second kappa shape index (κ2) is 8.20. The Bertz CT molecular complexity index is 1030. The fraction of sp³-hybridized carbons (Fsp3) is 0.565. The highest BCUT2D eigenvalue weighted by atomic mass is 35.5. The summed E-state index contributed by atoms with van der Waals surface area (Å²) in [5.41, 5.74) is 1.33. The van der Waals surface area contributed by atoms with E-state index in [1.807, 2.05) is 6.07 Å². The van der Waals surface area contributed by atoms with Crippen molar-refractivity contribution in [2.75, 3.05) is 18.0 Å². The molecule has 9 heteroatoms. The molecule has 2 unspecified atom stereocenters. The maximum Gasteiger partial charge on any atom is 0.332 e. The number of nitriles is 1. The van der Waals surface area contributed by atoms with Gasteiger partial charge in [-0.1, -0.05) is 30.9 Å². The number of hydrogen-bond donors (Lipinski definition) is 1. The van der Waals surface area contributed by atoms with Crippen LogP contribution >= 0.6 is 23.8 Å². The number of benzene rings is 1. The second-order valence-electron chi connectivity index (χ2n) is 9.29. The monoisotopic (exact) mass is 471 g/mol. The van der Waals surface area contributed by atoms with Crippen molar-refractivity contribution < 1.29 is 9.59 Å². The van der Waals surface area contributed by atoms with Crippen molar-refractivity contribution >= 4 is 46.6 Å². The number of amides is 3. The van der Waals surface area contributed by atoms with Gasteiger partial charge >= 0.3 is 6.03 Å². The number of piperazine rings is 1. The van der Waals surface area contributed by atoms with Crippen molar-refractivity contribution in [1.29, 1.82) is 5.26 Å². The van der Waals surface area contributed by atoms with Crippen LogP contribution in [0, 0.1) is 24.2 Å². The first-order valence-corrected chi connectivity index (χ1v) is 12.1. The van der Waals surface area contributed by atoms with Crippen molar-refractivity contribution in [3.63, 3.8) is 0 Å². The second-order valence-corrected chi connectivity index (χ2v) is 10.1. The summed E-state index contributed by atoms with van der Waals surface area (Å²) in [4.78, 5) is 31.8. The van der Waals surface area contributed by atoms with Gasteiger partial charge in [0.1, 0.15) is 12.1 Å². The molecule has 3 atom stereocenters. The van der Waals surface area contributed by atoms with Crippen molar-refractivity contribution in [2.45, 2.75) is 63.6 Å². The van der Waals surface area contributed by atoms with Crippen LogP contribution < -0.4 is 10.2 Å². The molecule has 32 heavy (non-hydrogen) atoms. The van der Waals surface area contributed by atoms with Crippen LogP contribution in [0.2, 0.25) is 5.02 Å². The summed E-state index contributed by atoms with van der Waals surface area (Å²) in [7, 11) is 0. The van der Waals surface area contributed by atoms with E-state index in [9.17, 15) is 14.9 Å². The van der Waals surface area contributed by atoms with Crippen LogP contribution in [0.5, 0.6) is 0 Å². The summed E-state index contributed by atoms with van der Waals surface area (Å²) < 4.78 is 0. The molecule has 3 saturated heterocycles. The topological polar surface area (TPSA) is 79.7 Å². The molecule has 3 amide bonds. The highest BCUT2D eigenvalue weighted by molar-refractivity contribution is 7.80. The standard InChI is InChI=1S/C23H26ClN5O2S/c1-13-17(8-7-15(10-25)19(13)24)29-21(30)20-18-9-16(28(20)23(29)31)12-27(18)22(32)26-11-14-5-3-2-4-6-14/h7-8,14,16,18,20H,2-6,9,11-12H2,1H3,(H,26,32)/t16?,18?,20-/m1/s1. The first kappa shape index (κ1) is 21.5. The van der Waals surface area contributed by atoms with Gasteiger partial charge < -0.3 is 15.1 Å². The summed E-state index contributed by atoms with van der Waals surface area (Å²) in [6.45, 7) is 3.26. The largest absolute Gasteiger partial charge is 0.362 e. The lowest BCUT2D eigenvalue weighted by atomic mass is 9.89. The lowest BCUT2D eigenvalue weighted by Crippen LogP contribution is -2.57.